The summed E-state index contributed by atoms with van der Waals surface area (Å²) in [6, 6.07) is 5.27. The van der Waals surface area contributed by atoms with Crippen molar-refractivity contribution in [3.8, 4) is 0 Å². The van der Waals surface area contributed by atoms with Crippen LogP contribution in [0.25, 0.3) is 0 Å². The van der Waals surface area contributed by atoms with Crippen LogP contribution in [0.15, 0.2) is 18.2 Å². The number of aliphatic hydroxyl groups is 1. The summed E-state index contributed by atoms with van der Waals surface area (Å²) in [6.07, 6.45) is 0. The first-order valence-electron chi connectivity index (χ1n) is 3.97. The normalized spacial score (nSPS) is 9.77. The number of methoxy groups -OCH3 is 1. The number of aryl methyl sites for hydroxylation is 1. The highest BCUT2D eigenvalue weighted by Crippen LogP contribution is 2.12. The van der Waals surface area contributed by atoms with Gasteiger partial charge in [0, 0.05) is 0 Å². The van der Waals surface area contributed by atoms with E-state index in [9.17, 15) is 4.79 Å². The van der Waals surface area contributed by atoms with Crippen molar-refractivity contribution in [2.24, 2.45) is 0 Å². The molecule has 0 saturated heterocycles. The Kier molecular flexibility index (Phi) is 3.03. The van der Waals surface area contributed by atoms with Crippen LogP contribution < -0.4 is 0 Å². The van der Waals surface area contributed by atoms with E-state index in [-0.39, 0.29) is 6.61 Å². The van der Waals surface area contributed by atoms with Crippen molar-refractivity contribution in [3.05, 3.63) is 34.9 Å². The van der Waals surface area contributed by atoms with Gasteiger partial charge in [-0.3, -0.25) is 0 Å². The smallest absolute Gasteiger partial charge is 0.338 e. The Morgan fingerprint density at radius 2 is 2.23 bits per heavy atom. The first-order chi connectivity index (χ1) is 6.19. The Bertz CT molecular complexity index is 318. The highest BCUT2D eigenvalue weighted by atomic mass is 16.5. The molecule has 70 valence electrons. The zero-order valence-electron chi connectivity index (χ0n) is 7.70. The molecule has 0 fully saturated rings. The summed E-state index contributed by atoms with van der Waals surface area (Å²) in [5.41, 5.74) is 2.00. The number of hydrogen-bond acceptors (Lipinski definition) is 3. The molecular formula is C10H12O3. The minimum absolute atomic E-state index is 0.148. The summed E-state index contributed by atoms with van der Waals surface area (Å²) in [7, 11) is 1.33. The minimum Gasteiger partial charge on any atom is -0.465 e. The average molecular weight is 180 g/mol. The van der Waals surface area contributed by atoms with Crippen LogP contribution in [0.2, 0.25) is 0 Å². The molecule has 1 rings (SSSR count). The molecule has 1 aromatic rings. The van der Waals surface area contributed by atoms with Gasteiger partial charge in [0.05, 0.1) is 19.3 Å². The quantitative estimate of drug-likeness (QED) is 0.697. The summed E-state index contributed by atoms with van der Waals surface area (Å²) in [4.78, 5) is 11.2. The number of esters is 1. The van der Waals surface area contributed by atoms with Crippen molar-refractivity contribution in [2.75, 3.05) is 7.11 Å². The van der Waals surface area contributed by atoms with Crippen LogP contribution in [0.5, 0.6) is 0 Å². The molecule has 0 aromatic heterocycles. The number of carbonyl (C=O) groups is 1. The molecule has 13 heavy (non-hydrogen) atoms. The van der Waals surface area contributed by atoms with E-state index in [0.29, 0.717) is 11.1 Å². The fourth-order valence-electron chi connectivity index (χ4n) is 1.13. The second-order valence-corrected chi connectivity index (χ2v) is 2.81. The minimum atomic E-state index is -0.409. The first kappa shape index (κ1) is 9.74. The van der Waals surface area contributed by atoms with E-state index in [0.717, 1.165) is 5.56 Å². The predicted molar refractivity (Wildman–Crippen MR) is 48.4 cm³/mol. The highest BCUT2D eigenvalue weighted by molar-refractivity contribution is 5.91. The molecule has 0 aliphatic carbocycles. The van der Waals surface area contributed by atoms with Crippen LogP contribution >= 0.6 is 0 Å². The number of aliphatic hydroxyl groups excluding tert-OH is 1. The lowest BCUT2D eigenvalue weighted by Gasteiger charge is -2.05. The van der Waals surface area contributed by atoms with Crippen LogP contribution in [0, 0.1) is 6.92 Å². The fourth-order valence-corrected chi connectivity index (χ4v) is 1.13. The van der Waals surface area contributed by atoms with Crippen LogP contribution in [0.3, 0.4) is 0 Å². The number of hydrogen-bond donors (Lipinski definition) is 1. The van der Waals surface area contributed by atoms with Gasteiger partial charge >= 0.3 is 5.97 Å². The highest BCUT2D eigenvalue weighted by Gasteiger charge is 2.10. The predicted octanol–water partition coefficient (Wildman–Crippen LogP) is 1.27. The lowest BCUT2D eigenvalue weighted by Crippen LogP contribution is -2.06. The largest absolute Gasteiger partial charge is 0.465 e. The van der Waals surface area contributed by atoms with Gasteiger partial charge in [-0.05, 0) is 18.6 Å². The molecule has 0 unspecified atom stereocenters. The van der Waals surface area contributed by atoms with Crippen molar-refractivity contribution in [1.82, 2.24) is 0 Å². The lowest BCUT2D eigenvalue weighted by atomic mass is 10.1. The summed E-state index contributed by atoms with van der Waals surface area (Å²) >= 11 is 0. The van der Waals surface area contributed by atoms with Crippen LogP contribution in [-0.4, -0.2) is 18.2 Å². The average Bonchev–Trinajstić information content (AvgIpc) is 2.16. The molecule has 0 amide bonds. The van der Waals surface area contributed by atoms with E-state index in [4.69, 9.17) is 5.11 Å². The first-order valence-corrected chi connectivity index (χ1v) is 3.97. The van der Waals surface area contributed by atoms with E-state index >= 15 is 0 Å². The van der Waals surface area contributed by atoms with Crippen molar-refractivity contribution < 1.29 is 14.6 Å². The molecular weight excluding hydrogens is 168 g/mol. The molecule has 0 saturated carbocycles. The third-order valence-electron chi connectivity index (χ3n) is 1.84. The maximum atomic E-state index is 11.2. The molecule has 3 nitrogen and oxygen atoms in total. The Hall–Kier alpha value is -1.35. The standard InChI is InChI=1S/C10H12O3/c1-7-3-4-8(6-11)9(5-7)10(12)13-2/h3-5,11H,6H2,1-2H3. The van der Waals surface area contributed by atoms with E-state index in [1.807, 2.05) is 13.0 Å². The molecule has 1 N–H and O–H groups in total. The Labute approximate surface area is 77.0 Å². The Morgan fingerprint density at radius 1 is 1.54 bits per heavy atom. The SMILES string of the molecule is COC(=O)c1cc(C)ccc1CO. The van der Waals surface area contributed by atoms with Crippen LogP contribution in [0.4, 0.5) is 0 Å². The van der Waals surface area contributed by atoms with Crippen molar-refractivity contribution in [2.45, 2.75) is 13.5 Å². The van der Waals surface area contributed by atoms with Gasteiger partial charge in [-0.15, -0.1) is 0 Å². The Balaban J connectivity index is 3.15. The summed E-state index contributed by atoms with van der Waals surface area (Å²) < 4.78 is 4.58. The molecule has 0 atom stereocenters. The molecule has 3 heteroatoms. The van der Waals surface area contributed by atoms with Gasteiger partial charge < -0.3 is 9.84 Å². The third kappa shape index (κ3) is 2.06. The number of carbonyl (C=O) groups excluding carboxylic acids is 1. The second-order valence-electron chi connectivity index (χ2n) is 2.81. The number of benzene rings is 1. The van der Waals surface area contributed by atoms with Gasteiger partial charge in [0.15, 0.2) is 0 Å². The molecule has 0 aliphatic heterocycles. The van der Waals surface area contributed by atoms with Crippen molar-refractivity contribution in [3.63, 3.8) is 0 Å². The van der Waals surface area contributed by atoms with Crippen molar-refractivity contribution in [1.29, 1.82) is 0 Å². The van der Waals surface area contributed by atoms with E-state index in [1.165, 1.54) is 7.11 Å². The zero-order valence-corrected chi connectivity index (χ0v) is 7.70. The maximum absolute atomic E-state index is 11.2. The molecule has 0 spiro atoms. The van der Waals surface area contributed by atoms with Gasteiger partial charge in [-0.2, -0.15) is 0 Å². The number of ether oxygens (including phenoxy) is 1. The molecule has 0 radical (unpaired) electrons. The van der Waals surface area contributed by atoms with Crippen molar-refractivity contribution >= 4 is 5.97 Å². The molecule has 0 aliphatic rings. The lowest BCUT2D eigenvalue weighted by molar-refractivity contribution is 0.0597. The topological polar surface area (TPSA) is 46.5 Å². The summed E-state index contributed by atoms with van der Waals surface area (Å²) in [6.45, 7) is 1.73. The molecule has 1 aromatic carbocycles. The maximum Gasteiger partial charge on any atom is 0.338 e. The van der Waals surface area contributed by atoms with Gasteiger partial charge in [0.1, 0.15) is 0 Å². The van der Waals surface area contributed by atoms with Gasteiger partial charge in [0.25, 0.3) is 0 Å². The monoisotopic (exact) mass is 180 g/mol. The zero-order chi connectivity index (χ0) is 9.84. The van der Waals surface area contributed by atoms with E-state index in [1.54, 1.807) is 12.1 Å². The molecule has 0 bridgehead atoms. The fraction of sp³-hybridized carbons (Fsp3) is 0.300. The van der Waals surface area contributed by atoms with Crippen LogP contribution in [-0.2, 0) is 11.3 Å². The summed E-state index contributed by atoms with van der Waals surface area (Å²) in [5.74, 6) is -0.409. The van der Waals surface area contributed by atoms with Gasteiger partial charge in [-0.1, -0.05) is 17.7 Å². The third-order valence-corrected chi connectivity index (χ3v) is 1.84. The summed E-state index contributed by atoms with van der Waals surface area (Å²) in [5, 5.41) is 8.95. The van der Waals surface area contributed by atoms with Gasteiger partial charge in [-0.25, -0.2) is 4.79 Å². The van der Waals surface area contributed by atoms with E-state index < -0.39 is 5.97 Å². The van der Waals surface area contributed by atoms with Gasteiger partial charge in [0.2, 0.25) is 0 Å². The molecule has 0 heterocycles. The second kappa shape index (κ2) is 4.05. The number of rotatable bonds is 2. The van der Waals surface area contributed by atoms with Crippen LogP contribution in [0.1, 0.15) is 21.5 Å². The van der Waals surface area contributed by atoms with E-state index in [2.05, 4.69) is 4.74 Å². The Morgan fingerprint density at radius 3 is 2.77 bits per heavy atom.